The highest BCUT2D eigenvalue weighted by Gasteiger charge is 2.49. The fraction of sp³-hybridized carbons (Fsp3) is 0.818. The number of hydrogen-bond donors (Lipinski definition) is 3. The molecule has 1 saturated carbocycles. The van der Waals surface area contributed by atoms with Crippen molar-refractivity contribution in [3.05, 3.63) is 0 Å². The van der Waals surface area contributed by atoms with Crippen molar-refractivity contribution >= 4 is 12.0 Å². The van der Waals surface area contributed by atoms with Gasteiger partial charge in [0.15, 0.2) is 0 Å². The second kappa shape index (κ2) is 15.9. The van der Waals surface area contributed by atoms with Crippen LogP contribution in [-0.4, -0.2) is 84.9 Å². The van der Waals surface area contributed by atoms with Crippen LogP contribution < -0.4 is 16.0 Å². The topological polar surface area (TPSA) is 107 Å². The van der Waals surface area contributed by atoms with Crippen LogP contribution in [0.2, 0.25) is 0 Å². The third-order valence-corrected chi connectivity index (χ3v) is 5.41. The molecule has 0 aliphatic heterocycles. The molecule has 0 spiro atoms. The minimum atomic E-state index is -0.380. The van der Waals surface area contributed by atoms with Gasteiger partial charge in [0.2, 0.25) is 5.91 Å². The van der Waals surface area contributed by atoms with Gasteiger partial charge in [-0.05, 0) is 37.6 Å². The summed E-state index contributed by atoms with van der Waals surface area (Å²) in [5, 5.41) is 8.21. The number of hydrogen-bond acceptors (Lipinski definition) is 7. The lowest BCUT2D eigenvalue weighted by molar-refractivity contribution is -0.120. The Morgan fingerprint density at radius 1 is 0.839 bits per heavy atom. The molecule has 0 aromatic rings. The molecule has 2 rings (SSSR count). The zero-order valence-corrected chi connectivity index (χ0v) is 18.6. The lowest BCUT2D eigenvalue weighted by Crippen LogP contribution is -2.34. The van der Waals surface area contributed by atoms with Crippen LogP contribution in [0.3, 0.4) is 0 Å². The average Bonchev–Trinajstić information content (AvgIpc) is 3.39. The van der Waals surface area contributed by atoms with Crippen LogP contribution in [0.1, 0.15) is 25.7 Å². The molecule has 0 radical (unpaired) electrons. The molecule has 0 aromatic heterocycles. The number of amides is 2. The summed E-state index contributed by atoms with van der Waals surface area (Å²) in [5.41, 5.74) is 0. The Kier molecular flexibility index (Phi) is 13.0. The van der Waals surface area contributed by atoms with E-state index in [4.69, 9.17) is 18.9 Å². The molecule has 2 aliphatic carbocycles. The van der Waals surface area contributed by atoms with Gasteiger partial charge in [-0.1, -0.05) is 0 Å². The zero-order chi connectivity index (χ0) is 22.2. The van der Waals surface area contributed by atoms with Crippen LogP contribution in [0.4, 0.5) is 4.79 Å². The van der Waals surface area contributed by atoms with Crippen molar-refractivity contribution in [2.75, 3.05) is 72.9 Å². The van der Waals surface area contributed by atoms with Gasteiger partial charge in [0.1, 0.15) is 0 Å². The van der Waals surface area contributed by atoms with E-state index in [-0.39, 0.29) is 12.0 Å². The molecular formula is C22H37N3O6. The molecule has 176 valence electrons. The Morgan fingerprint density at radius 3 is 1.97 bits per heavy atom. The van der Waals surface area contributed by atoms with E-state index in [0.717, 1.165) is 25.7 Å². The minimum Gasteiger partial charge on any atom is -0.449 e. The molecule has 0 bridgehead atoms. The van der Waals surface area contributed by atoms with E-state index < -0.39 is 0 Å². The fourth-order valence-corrected chi connectivity index (χ4v) is 3.76. The van der Waals surface area contributed by atoms with Crippen molar-refractivity contribution in [1.29, 1.82) is 0 Å². The second-order valence-corrected chi connectivity index (χ2v) is 7.67. The zero-order valence-electron chi connectivity index (χ0n) is 18.6. The first-order valence-corrected chi connectivity index (χ1v) is 11.2. The van der Waals surface area contributed by atoms with Crippen LogP contribution in [-0.2, 0) is 23.7 Å². The van der Waals surface area contributed by atoms with Crippen molar-refractivity contribution in [3.8, 4) is 11.8 Å². The van der Waals surface area contributed by atoms with Gasteiger partial charge in [0.05, 0.1) is 52.8 Å². The van der Waals surface area contributed by atoms with Gasteiger partial charge in [-0.15, -0.1) is 11.8 Å². The first kappa shape index (κ1) is 25.4. The number of ether oxygens (including phenoxy) is 4. The first-order valence-electron chi connectivity index (χ1n) is 11.2. The Hall–Kier alpha value is -1.86. The summed E-state index contributed by atoms with van der Waals surface area (Å²) in [7, 11) is 1.72. The molecule has 9 heteroatoms. The molecule has 2 unspecified atom stereocenters. The molecule has 0 aromatic carbocycles. The highest BCUT2D eigenvalue weighted by Crippen LogP contribution is 2.52. The normalized spacial score (nSPS) is 21.6. The average molecular weight is 440 g/mol. The second-order valence-electron chi connectivity index (χ2n) is 7.67. The molecule has 3 N–H and O–H groups in total. The van der Waals surface area contributed by atoms with Gasteiger partial charge in [-0.25, -0.2) is 4.79 Å². The van der Waals surface area contributed by atoms with Crippen molar-refractivity contribution in [1.82, 2.24) is 16.0 Å². The van der Waals surface area contributed by atoms with Gasteiger partial charge in [0.25, 0.3) is 0 Å². The predicted molar refractivity (Wildman–Crippen MR) is 115 cm³/mol. The summed E-state index contributed by atoms with van der Waals surface area (Å²) in [6.07, 6.45) is 3.81. The molecule has 2 aliphatic rings. The Bertz CT molecular complexity index is 574. The summed E-state index contributed by atoms with van der Waals surface area (Å²) in [6.45, 7) is 4.39. The number of nitrogens with one attached hydrogen (secondary N) is 3. The molecule has 0 saturated heterocycles. The minimum absolute atomic E-state index is 0.0517. The summed E-state index contributed by atoms with van der Waals surface area (Å²) < 4.78 is 21.5. The number of fused-ring (bicyclic) bond motifs is 1. The number of likely N-dealkylation sites (N-methyl/N-ethyl adjacent to an activating group) is 1. The standard InChI is InChI=1S/C22H37N3O6/c1-23-16-21(26)24-8-10-28-12-14-30-15-13-29-11-9-25-22(27)31-17-20-18-6-4-2-3-5-7-19(18)20/h18-20,23H,4-17H2,1H3,(H,24,26)(H,25,27). The molecular weight excluding hydrogens is 402 g/mol. The SMILES string of the molecule is CNCC(=O)NCCOCCOCCOCCNC(=O)OCC1C2CCC#CCCC21. The molecule has 9 nitrogen and oxygen atoms in total. The fourth-order valence-electron chi connectivity index (χ4n) is 3.76. The van der Waals surface area contributed by atoms with E-state index in [1.165, 1.54) is 0 Å². The van der Waals surface area contributed by atoms with Crippen LogP contribution in [0.15, 0.2) is 0 Å². The summed E-state index contributed by atoms with van der Waals surface area (Å²) >= 11 is 0. The highest BCUT2D eigenvalue weighted by molar-refractivity contribution is 5.77. The van der Waals surface area contributed by atoms with E-state index in [9.17, 15) is 9.59 Å². The number of carbonyl (C=O) groups is 2. The Labute approximate surface area is 185 Å². The van der Waals surface area contributed by atoms with Gasteiger partial charge in [-0.3, -0.25) is 4.79 Å². The van der Waals surface area contributed by atoms with Crippen molar-refractivity contribution in [2.24, 2.45) is 17.8 Å². The van der Waals surface area contributed by atoms with Crippen molar-refractivity contribution < 1.29 is 28.5 Å². The van der Waals surface area contributed by atoms with E-state index in [0.29, 0.717) is 83.6 Å². The maximum Gasteiger partial charge on any atom is 0.407 e. The van der Waals surface area contributed by atoms with Gasteiger partial charge < -0.3 is 34.9 Å². The number of rotatable bonds is 16. The van der Waals surface area contributed by atoms with Crippen LogP contribution >= 0.6 is 0 Å². The third kappa shape index (κ3) is 11.4. The molecule has 31 heavy (non-hydrogen) atoms. The summed E-state index contributed by atoms with van der Waals surface area (Å²) in [4.78, 5) is 23.0. The lowest BCUT2D eigenvalue weighted by atomic mass is 10.1. The van der Waals surface area contributed by atoms with E-state index >= 15 is 0 Å². The monoisotopic (exact) mass is 439 g/mol. The predicted octanol–water partition coefficient (Wildman–Crippen LogP) is 0.538. The molecule has 2 amide bonds. The largest absolute Gasteiger partial charge is 0.449 e. The number of alkyl carbamates (subject to hydrolysis) is 1. The Morgan fingerprint density at radius 2 is 1.39 bits per heavy atom. The maximum atomic E-state index is 11.8. The number of carbonyl (C=O) groups excluding carboxylic acids is 2. The van der Waals surface area contributed by atoms with Gasteiger partial charge >= 0.3 is 6.09 Å². The van der Waals surface area contributed by atoms with E-state index in [2.05, 4.69) is 27.8 Å². The van der Waals surface area contributed by atoms with E-state index in [1.807, 2.05) is 0 Å². The molecule has 2 atom stereocenters. The summed E-state index contributed by atoms with van der Waals surface area (Å²) in [6, 6.07) is 0. The molecule has 0 heterocycles. The first-order chi connectivity index (χ1) is 15.2. The van der Waals surface area contributed by atoms with Gasteiger partial charge in [0, 0.05) is 25.9 Å². The van der Waals surface area contributed by atoms with Crippen LogP contribution in [0.25, 0.3) is 0 Å². The Balaban J connectivity index is 1.30. The maximum absolute atomic E-state index is 11.8. The van der Waals surface area contributed by atoms with Crippen LogP contribution in [0.5, 0.6) is 0 Å². The van der Waals surface area contributed by atoms with Crippen LogP contribution in [0, 0.1) is 29.6 Å². The third-order valence-electron chi connectivity index (χ3n) is 5.41. The van der Waals surface area contributed by atoms with Gasteiger partial charge in [-0.2, -0.15) is 0 Å². The van der Waals surface area contributed by atoms with E-state index in [1.54, 1.807) is 7.05 Å². The highest BCUT2D eigenvalue weighted by atomic mass is 16.6. The lowest BCUT2D eigenvalue weighted by Gasteiger charge is -2.09. The van der Waals surface area contributed by atoms with Crippen molar-refractivity contribution in [2.45, 2.75) is 25.7 Å². The van der Waals surface area contributed by atoms with Crippen molar-refractivity contribution in [3.63, 3.8) is 0 Å². The quantitative estimate of drug-likeness (QED) is 0.238. The smallest absolute Gasteiger partial charge is 0.407 e. The summed E-state index contributed by atoms with van der Waals surface area (Å²) in [5.74, 6) is 8.19. The molecule has 1 fully saturated rings.